The molecule has 3 heteroatoms. The zero-order chi connectivity index (χ0) is 11.1. The van der Waals surface area contributed by atoms with Crippen molar-refractivity contribution in [2.24, 2.45) is 0 Å². The minimum Gasteiger partial charge on any atom is -0.387 e. The van der Waals surface area contributed by atoms with Gasteiger partial charge in [-0.2, -0.15) is 0 Å². The lowest BCUT2D eigenvalue weighted by atomic mass is 9.82. The van der Waals surface area contributed by atoms with E-state index in [0.717, 1.165) is 32.2 Å². The van der Waals surface area contributed by atoms with Crippen LogP contribution in [0, 0.1) is 0 Å². The van der Waals surface area contributed by atoms with Gasteiger partial charge in [0.2, 0.25) is 0 Å². The first-order chi connectivity index (χ1) is 7.20. The SMILES string of the molecule is CCCNC1CCC(O)(COCC)CC1. The van der Waals surface area contributed by atoms with Crippen molar-refractivity contribution in [1.82, 2.24) is 5.32 Å². The third-order valence-corrected chi connectivity index (χ3v) is 3.17. The van der Waals surface area contributed by atoms with Gasteiger partial charge >= 0.3 is 0 Å². The monoisotopic (exact) mass is 215 g/mol. The van der Waals surface area contributed by atoms with Crippen LogP contribution in [0.3, 0.4) is 0 Å². The number of rotatable bonds is 6. The third-order valence-electron chi connectivity index (χ3n) is 3.17. The average Bonchev–Trinajstić information content (AvgIpc) is 2.26. The van der Waals surface area contributed by atoms with Gasteiger partial charge in [0, 0.05) is 12.6 Å². The normalized spacial score (nSPS) is 31.8. The molecule has 0 aliphatic heterocycles. The number of ether oxygens (including phenoxy) is 1. The first kappa shape index (κ1) is 12.9. The predicted molar refractivity (Wildman–Crippen MR) is 62.0 cm³/mol. The topological polar surface area (TPSA) is 41.5 Å². The number of nitrogens with one attached hydrogen (secondary N) is 1. The summed E-state index contributed by atoms with van der Waals surface area (Å²) in [6, 6.07) is 0.604. The summed E-state index contributed by atoms with van der Waals surface area (Å²) in [5, 5.41) is 13.7. The lowest BCUT2D eigenvalue weighted by Gasteiger charge is -2.36. The van der Waals surface area contributed by atoms with Crippen LogP contribution in [-0.4, -0.2) is 36.5 Å². The fourth-order valence-electron chi connectivity index (χ4n) is 2.14. The molecule has 0 amide bonds. The van der Waals surface area contributed by atoms with Gasteiger partial charge in [-0.1, -0.05) is 6.92 Å². The second-order valence-electron chi connectivity index (χ2n) is 4.59. The van der Waals surface area contributed by atoms with E-state index in [4.69, 9.17) is 4.74 Å². The summed E-state index contributed by atoms with van der Waals surface area (Å²) in [5.74, 6) is 0. The summed E-state index contributed by atoms with van der Waals surface area (Å²) in [5.41, 5.74) is -0.555. The molecule has 2 N–H and O–H groups in total. The molecule has 0 heterocycles. The first-order valence-corrected chi connectivity index (χ1v) is 6.23. The average molecular weight is 215 g/mol. The molecule has 0 aromatic heterocycles. The van der Waals surface area contributed by atoms with Crippen molar-refractivity contribution in [2.75, 3.05) is 19.8 Å². The highest BCUT2D eigenvalue weighted by atomic mass is 16.5. The molecule has 0 radical (unpaired) electrons. The maximum atomic E-state index is 10.2. The van der Waals surface area contributed by atoms with Gasteiger partial charge in [0.15, 0.2) is 0 Å². The maximum absolute atomic E-state index is 10.2. The Labute approximate surface area is 93.2 Å². The molecule has 0 bridgehead atoms. The Morgan fingerprint density at radius 1 is 1.33 bits per heavy atom. The summed E-state index contributed by atoms with van der Waals surface area (Å²) in [7, 11) is 0. The Balaban J connectivity index is 2.21. The molecule has 0 atom stereocenters. The first-order valence-electron chi connectivity index (χ1n) is 6.23. The van der Waals surface area contributed by atoms with E-state index in [0.29, 0.717) is 19.3 Å². The summed E-state index contributed by atoms with van der Waals surface area (Å²) in [6.45, 7) is 6.44. The van der Waals surface area contributed by atoms with E-state index in [1.165, 1.54) is 6.42 Å². The standard InChI is InChI=1S/C12H25NO2/c1-3-9-13-11-5-7-12(14,8-6-11)10-15-4-2/h11,13-14H,3-10H2,1-2H3. The minimum atomic E-state index is -0.555. The molecule has 0 aromatic rings. The Kier molecular flexibility index (Phi) is 5.58. The van der Waals surface area contributed by atoms with Crippen molar-refractivity contribution >= 4 is 0 Å². The molecule has 1 rings (SSSR count). The predicted octanol–water partition coefficient (Wildman–Crippen LogP) is 1.70. The minimum absolute atomic E-state index is 0.504. The van der Waals surface area contributed by atoms with Crippen LogP contribution in [0.4, 0.5) is 0 Å². The van der Waals surface area contributed by atoms with E-state index in [9.17, 15) is 5.11 Å². The van der Waals surface area contributed by atoms with Crippen molar-refractivity contribution in [3.05, 3.63) is 0 Å². The summed E-state index contributed by atoms with van der Waals surface area (Å²) in [6.07, 6.45) is 5.07. The lowest BCUT2D eigenvalue weighted by Crippen LogP contribution is -2.44. The third kappa shape index (κ3) is 4.49. The van der Waals surface area contributed by atoms with Crippen LogP contribution >= 0.6 is 0 Å². The Hall–Kier alpha value is -0.120. The van der Waals surface area contributed by atoms with Gasteiger partial charge in [-0.25, -0.2) is 0 Å². The maximum Gasteiger partial charge on any atom is 0.0881 e. The van der Waals surface area contributed by atoms with Crippen LogP contribution in [-0.2, 0) is 4.74 Å². The molecule has 0 saturated heterocycles. The quantitative estimate of drug-likeness (QED) is 0.708. The van der Waals surface area contributed by atoms with E-state index in [1.54, 1.807) is 0 Å². The van der Waals surface area contributed by atoms with E-state index < -0.39 is 5.60 Å². The molecule has 0 aromatic carbocycles. The molecular formula is C12H25NO2. The van der Waals surface area contributed by atoms with Crippen LogP contribution in [0.1, 0.15) is 46.0 Å². The molecule has 0 unspecified atom stereocenters. The lowest BCUT2D eigenvalue weighted by molar-refractivity contribution is -0.0699. The molecular weight excluding hydrogens is 190 g/mol. The Morgan fingerprint density at radius 2 is 2.00 bits per heavy atom. The second kappa shape index (κ2) is 6.46. The molecule has 0 spiro atoms. The molecule has 1 aliphatic rings. The van der Waals surface area contributed by atoms with Crippen molar-refractivity contribution in [2.45, 2.75) is 57.6 Å². The Bertz CT molecular complexity index is 165. The van der Waals surface area contributed by atoms with Gasteiger partial charge in [0.25, 0.3) is 0 Å². The van der Waals surface area contributed by atoms with Crippen LogP contribution in [0.25, 0.3) is 0 Å². The summed E-state index contributed by atoms with van der Waals surface area (Å²) < 4.78 is 5.32. The van der Waals surface area contributed by atoms with E-state index in [1.807, 2.05) is 6.92 Å². The number of hydrogen-bond acceptors (Lipinski definition) is 3. The van der Waals surface area contributed by atoms with Gasteiger partial charge in [0.1, 0.15) is 0 Å². The van der Waals surface area contributed by atoms with Crippen molar-refractivity contribution in [3.63, 3.8) is 0 Å². The van der Waals surface area contributed by atoms with Gasteiger partial charge in [-0.3, -0.25) is 0 Å². The number of aliphatic hydroxyl groups is 1. The van der Waals surface area contributed by atoms with Crippen LogP contribution < -0.4 is 5.32 Å². The molecule has 15 heavy (non-hydrogen) atoms. The van der Waals surface area contributed by atoms with E-state index >= 15 is 0 Å². The molecule has 1 fully saturated rings. The van der Waals surface area contributed by atoms with Gasteiger partial charge < -0.3 is 15.2 Å². The zero-order valence-electron chi connectivity index (χ0n) is 10.1. The smallest absolute Gasteiger partial charge is 0.0881 e. The number of hydrogen-bond donors (Lipinski definition) is 2. The van der Waals surface area contributed by atoms with Crippen molar-refractivity contribution in [3.8, 4) is 0 Å². The molecule has 3 nitrogen and oxygen atoms in total. The van der Waals surface area contributed by atoms with E-state index in [2.05, 4.69) is 12.2 Å². The van der Waals surface area contributed by atoms with Crippen LogP contribution in [0.5, 0.6) is 0 Å². The van der Waals surface area contributed by atoms with Crippen LogP contribution in [0.15, 0.2) is 0 Å². The molecule has 1 saturated carbocycles. The summed E-state index contributed by atoms with van der Waals surface area (Å²) >= 11 is 0. The fraction of sp³-hybridized carbons (Fsp3) is 1.00. The highest BCUT2D eigenvalue weighted by Gasteiger charge is 2.32. The highest BCUT2D eigenvalue weighted by Crippen LogP contribution is 2.28. The highest BCUT2D eigenvalue weighted by molar-refractivity contribution is 4.87. The van der Waals surface area contributed by atoms with Gasteiger partial charge in [-0.05, 0) is 45.6 Å². The molecule has 90 valence electrons. The largest absolute Gasteiger partial charge is 0.387 e. The van der Waals surface area contributed by atoms with Gasteiger partial charge in [-0.15, -0.1) is 0 Å². The van der Waals surface area contributed by atoms with E-state index in [-0.39, 0.29) is 0 Å². The van der Waals surface area contributed by atoms with Crippen LogP contribution in [0.2, 0.25) is 0 Å². The Morgan fingerprint density at radius 3 is 2.53 bits per heavy atom. The zero-order valence-corrected chi connectivity index (χ0v) is 10.1. The fourth-order valence-corrected chi connectivity index (χ4v) is 2.14. The van der Waals surface area contributed by atoms with Crippen molar-refractivity contribution in [1.29, 1.82) is 0 Å². The molecule has 1 aliphatic carbocycles. The summed E-state index contributed by atoms with van der Waals surface area (Å²) in [4.78, 5) is 0. The van der Waals surface area contributed by atoms with Gasteiger partial charge in [0.05, 0.1) is 12.2 Å². The second-order valence-corrected chi connectivity index (χ2v) is 4.59. The van der Waals surface area contributed by atoms with Crippen molar-refractivity contribution < 1.29 is 9.84 Å².